The summed E-state index contributed by atoms with van der Waals surface area (Å²) in [5, 5.41) is 6.42. The quantitative estimate of drug-likeness (QED) is 0.511. The molecule has 0 bridgehead atoms. The number of aromatic nitrogens is 2. The van der Waals surface area contributed by atoms with Crippen LogP contribution in [0.5, 0.6) is 0 Å². The molecule has 21 heavy (non-hydrogen) atoms. The minimum absolute atomic E-state index is 0.425. The van der Waals surface area contributed by atoms with E-state index in [0.717, 1.165) is 28.1 Å². The molecule has 0 fully saturated rings. The van der Waals surface area contributed by atoms with Gasteiger partial charge in [0.25, 0.3) is 0 Å². The molecule has 1 aromatic carbocycles. The van der Waals surface area contributed by atoms with Crippen molar-refractivity contribution in [2.24, 2.45) is 5.84 Å². The number of thiophene rings is 1. The lowest BCUT2D eigenvalue weighted by Crippen LogP contribution is -2.11. The lowest BCUT2D eigenvalue weighted by molar-refractivity contribution is 0.912. The van der Waals surface area contributed by atoms with E-state index < -0.39 is 0 Å². The number of nitrogens with one attached hydrogen (secondary N) is 2. The molecule has 5 nitrogen and oxygen atoms in total. The zero-order valence-corrected chi connectivity index (χ0v) is 12.2. The predicted molar refractivity (Wildman–Crippen MR) is 87.0 cm³/mol. The van der Waals surface area contributed by atoms with Crippen LogP contribution in [-0.4, -0.2) is 9.97 Å². The summed E-state index contributed by atoms with van der Waals surface area (Å²) in [6, 6.07) is 8.56. The molecule has 3 aromatic rings. The molecular formula is C15H15N5S. The molecule has 1 aliphatic carbocycles. The van der Waals surface area contributed by atoms with Crippen molar-refractivity contribution in [3.8, 4) is 0 Å². The largest absolute Gasteiger partial charge is 0.340 e. The first-order valence-corrected chi connectivity index (χ1v) is 7.82. The van der Waals surface area contributed by atoms with E-state index in [4.69, 9.17) is 5.84 Å². The summed E-state index contributed by atoms with van der Waals surface area (Å²) in [7, 11) is 0. The van der Waals surface area contributed by atoms with Crippen molar-refractivity contribution in [3.63, 3.8) is 0 Å². The van der Waals surface area contributed by atoms with Crippen LogP contribution in [0.15, 0.2) is 29.6 Å². The molecule has 0 unspecified atom stereocenters. The number of rotatable bonds is 3. The molecule has 0 aliphatic heterocycles. The fourth-order valence-electron chi connectivity index (χ4n) is 2.80. The highest BCUT2D eigenvalue weighted by atomic mass is 32.1. The number of nitrogens with two attached hydrogens (primary N) is 1. The van der Waals surface area contributed by atoms with Gasteiger partial charge in [0.05, 0.1) is 5.39 Å². The number of anilines is 3. The average molecular weight is 297 g/mol. The second-order valence-electron chi connectivity index (χ2n) is 5.14. The highest BCUT2D eigenvalue weighted by molar-refractivity contribution is 7.16. The smallest absolute Gasteiger partial charge is 0.240 e. The number of nitrogens with zero attached hydrogens (tertiary/aromatic N) is 2. The Morgan fingerprint density at radius 2 is 2.00 bits per heavy atom. The molecule has 4 N–H and O–H groups in total. The highest BCUT2D eigenvalue weighted by Crippen LogP contribution is 2.30. The zero-order valence-electron chi connectivity index (χ0n) is 11.4. The maximum atomic E-state index is 5.45. The third-order valence-electron chi connectivity index (χ3n) is 3.82. The summed E-state index contributed by atoms with van der Waals surface area (Å²) < 4.78 is 0. The van der Waals surface area contributed by atoms with E-state index in [9.17, 15) is 0 Å². The van der Waals surface area contributed by atoms with Gasteiger partial charge in [-0.05, 0) is 54.0 Å². The van der Waals surface area contributed by atoms with Crippen LogP contribution in [0.2, 0.25) is 0 Å². The third-order valence-corrected chi connectivity index (χ3v) is 4.62. The van der Waals surface area contributed by atoms with Gasteiger partial charge >= 0.3 is 0 Å². The first kappa shape index (κ1) is 12.6. The molecule has 2 aromatic heterocycles. The Kier molecular flexibility index (Phi) is 2.98. The molecule has 6 heteroatoms. The van der Waals surface area contributed by atoms with E-state index >= 15 is 0 Å². The first-order valence-electron chi connectivity index (χ1n) is 6.94. The van der Waals surface area contributed by atoms with Crippen molar-refractivity contribution in [1.29, 1.82) is 0 Å². The second-order valence-corrected chi connectivity index (χ2v) is 6.04. The van der Waals surface area contributed by atoms with Gasteiger partial charge in [0, 0.05) is 5.69 Å². The van der Waals surface area contributed by atoms with E-state index in [1.54, 1.807) is 11.3 Å². The Labute approximate surface area is 126 Å². The second kappa shape index (κ2) is 4.98. The van der Waals surface area contributed by atoms with Crippen LogP contribution in [0.1, 0.15) is 17.5 Å². The molecule has 4 rings (SSSR count). The molecule has 106 valence electrons. The van der Waals surface area contributed by atoms with Crippen molar-refractivity contribution in [2.75, 3.05) is 10.7 Å². The molecule has 2 heterocycles. The van der Waals surface area contributed by atoms with Crippen LogP contribution in [0.25, 0.3) is 10.2 Å². The Morgan fingerprint density at radius 1 is 1.10 bits per heavy atom. The Balaban J connectivity index is 1.75. The fraction of sp³-hybridized carbons (Fsp3) is 0.200. The van der Waals surface area contributed by atoms with Gasteiger partial charge in [-0.15, -0.1) is 11.3 Å². The minimum Gasteiger partial charge on any atom is -0.340 e. The molecule has 0 spiro atoms. The van der Waals surface area contributed by atoms with Crippen LogP contribution >= 0.6 is 11.3 Å². The summed E-state index contributed by atoms with van der Waals surface area (Å²) in [6.07, 6.45) is 3.61. The van der Waals surface area contributed by atoms with Crippen LogP contribution < -0.4 is 16.6 Å². The van der Waals surface area contributed by atoms with Gasteiger partial charge in [-0.2, -0.15) is 4.98 Å². The van der Waals surface area contributed by atoms with E-state index in [2.05, 4.69) is 38.9 Å². The van der Waals surface area contributed by atoms with E-state index in [0.29, 0.717) is 5.95 Å². The van der Waals surface area contributed by atoms with Crippen LogP contribution in [0.3, 0.4) is 0 Å². The van der Waals surface area contributed by atoms with Crippen LogP contribution in [-0.2, 0) is 12.8 Å². The van der Waals surface area contributed by atoms with E-state index in [1.165, 1.54) is 24.0 Å². The van der Waals surface area contributed by atoms with Gasteiger partial charge in [-0.1, -0.05) is 6.07 Å². The number of hydrogen-bond acceptors (Lipinski definition) is 6. The number of hydrazine groups is 1. The van der Waals surface area contributed by atoms with Gasteiger partial charge in [0.2, 0.25) is 5.95 Å². The van der Waals surface area contributed by atoms with Gasteiger partial charge in [0.15, 0.2) is 0 Å². The normalized spacial score (nSPS) is 13.4. The van der Waals surface area contributed by atoms with Gasteiger partial charge in [-0.3, -0.25) is 5.43 Å². The van der Waals surface area contributed by atoms with E-state index in [1.807, 2.05) is 11.4 Å². The van der Waals surface area contributed by atoms with Crippen molar-refractivity contribution in [3.05, 3.63) is 40.8 Å². The summed E-state index contributed by atoms with van der Waals surface area (Å²) in [6.45, 7) is 0. The minimum atomic E-state index is 0.425. The molecule has 0 amide bonds. The lowest BCUT2D eigenvalue weighted by atomic mass is 10.1. The standard InChI is InChI=1S/C15H15N5S/c16-20-15-18-13(12-6-7-21-14(12)19-15)17-11-5-4-9-2-1-3-10(9)8-11/h4-8H,1-3,16H2,(H2,17,18,19,20). The maximum Gasteiger partial charge on any atom is 0.240 e. The van der Waals surface area contributed by atoms with E-state index in [-0.39, 0.29) is 0 Å². The molecule has 0 saturated heterocycles. The number of fused-ring (bicyclic) bond motifs is 2. The molecule has 1 aliphatic rings. The monoisotopic (exact) mass is 297 g/mol. The average Bonchev–Trinajstić information content (AvgIpc) is 3.14. The lowest BCUT2D eigenvalue weighted by Gasteiger charge is -2.10. The van der Waals surface area contributed by atoms with Crippen LogP contribution in [0.4, 0.5) is 17.5 Å². The van der Waals surface area contributed by atoms with Gasteiger partial charge < -0.3 is 5.32 Å². The van der Waals surface area contributed by atoms with Crippen LogP contribution in [0, 0.1) is 0 Å². The Morgan fingerprint density at radius 3 is 2.90 bits per heavy atom. The molecular weight excluding hydrogens is 282 g/mol. The van der Waals surface area contributed by atoms with Crippen molar-refractivity contribution >= 4 is 39.0 Å². The Bertz CT molecular complexity index is 811. The third kappa shape index (κ3) is 2.22. The topological polar surface area (TPSA) is 75.9 Å². The summed E-state index contributed by atoms with van der Waals surface area (Å²) in [5.41, 5.74) is 6.48. The molecule has 0 saturated carbocycles. The zero-order chi connectivity index (χ0) is 14.2. The van der Waals surface area contributed by atoms with Crippen molar-refractivity contribution in [1.82, 2.24) is 9.97 Å². The first-order chi connectivity index (χ1) is 10.3. The number of benzene rings is 1. The summed E-state index contributed by atoms with van der Waals surface area (Å²) in [4.78, 5) is 9.69. The van der Waals surface area contributed by atoms with Gasteiger partial charge in [-0.25, -0.2) is 10.8 Å². The van der Waals surface area contributed by atoms with Crippen molar-refractivity contribution in [2.45, 2.75) is 19.3 Å². The number of aryl methyl sites for hydroxylation is 2. The predicted octanol–water partition coefficient (Wildman–Crippen LogP) is 3.21. The Hall–Kier alpha value is -2.18. The molecule has 0 atom stereocenters. The number of hydrogen-bond donors (Lipinski definition) is 3. The summed E-state index contributed by atoms with van der Waals surface area (Å²) in [5.74, 6) is 6.66. The number of nitrogen functional groups attached to an aromatic ring is 1. The fourth-order valence-corrected chi connectivity index (χ4v) is 3.57. The SMILES string of the molecule is NNc1nc(Nc2ccc3c(c2)CCC3)c2ccsc2n1. The molecule has 0 radical (unpaired) electrons. The maximum absolute atomic E-state index is 5.45. The highest BCUT2D eigenvalue weighted by Gasteiger charge is 2.13. The van der Waals surface area contributed by atoms with Crippen molar-refractivity contribution < 1.29 is 0 Å². The van der Waals surface area contributed by atoms with Gasteiger partial charge in [0.1, 0.15) is 10.6 Å². The summed E-state index contributed by atoms with van der Waals surface area (Å²) >= 11 is 1.58.